The number of aliphatic hydroxyl groups is 5. The number of hydrogen-bond acceptors (Lipinski definition) is 10. The maximum atomic E-state index is 13.4. The highest BCUT2D eigenvalue weighted by Gasteiger charge is 2.47. The van der Waals surface area contributed by atoms with E-state index in [0.717, 1.165) is 57.8 Å². The van der Waals surface area contributed by atoms with Crippen LogP contribution < -0.4 is 5.32 Å². The van der Waals surface area contributed by atoms with Crippen LogP contribution in [0.3, 0.4) is 0 Å². The molecule has 1 aliphatic heterocycles. The van der Waals surface area contributed by atoms with Crippen molar-refractivity contribution in [3.8, 4) is 0 Å². The molecule has 0 aliphatic carbocycles. The van der Waals surface area contributed by atoms with Crippen LogP contribution in [-0.4, -0.2) is 99.6 Å². The lowest BCUT2D eigenvalue weighted by atomic mass is 9.99. The third-order valence-corrected chi connectivity index (χ3v) is 16.0. The van der Waals surface area contributed by atoms with Gasteiger partial charge in [0.1, 0.15) is 24.4 Å². The molecular weight excluding hydrogens is 991 g/mol. The molecule has 1 aliphatic rings. The van der Waals surface area contributed by atoms with Gasteiger partial charge in [0.2, 0.25) is 5.91 Å². The summed E-state index contributed by atoms with van der Waals surface area (Å²) >= 11 is 0. The van der Waals surface area contributed by atoms with Gasteiger partial charge in [0.05, 0.1) is 25.4 Å². The van der Waals surface area contributed by atoms with Crippen molar-refractivity contribution in [1.29, 1.82) is 0 Å². The second-order valence-electron chi connectivity index (χ2n) is 23.6. The first-order chi connectivity index (χ1) is 38.7. The fourth-order valence-electron chi connectivity index (χ4n) is 10.6. The van der Waals surface area contributed by atoms with Gasteiger partial charge in [0.15, 0.2) is 12.4 Å². The molecule has 1 heterocycles. The number of hydrogen-bond donors (Lipinski definition) is 6. The normalized spacial score (nSPS) is 19.0. The van der Waals surface area contributed by atoms with Crippen LogP contribution in [-0.2, 0) is 23.8 Å². The molecule has 0 aromatic carbocycles. The molecule has 8 atom stereocenters. The molecule has 8 unspecified atom stereocenters. The Hall–Kier alpha value is -2.12. The maximum absolute atomic E-state index is 13.4. The summed E-state index contributed by atoms with van der Waals surface area (Å²) in [7, 11) is 0. The number of carbonyl (C=O) groups excluding carboxylic acids is 2. The van der Waals surface area contributed by atoms with E-state index in [1.54, 1.807) is 6.08 Å². The largest absolute Gasteiger partial charge is 0.454 e. The SMILES string of the molecule is CCCCCCCC/C=C/CCCCCCCCCCCCC(O)C(=O)NC(COC1OC(CO)C(O)C(O)C1OC(=O)CCCCCCCCCCC/C=C/CCCCCCCC)C(O)/C=C/CCCCCCCCCCC. The Kier molecular flexibility index (Phi) is 53.4. The zero-order valence-electron chi connectivity index (χ0n) is 51.5. The van der Waals surface area contributed by atoms with Crippen LogP contribution in [0.4, 0.5) is 0 Å². The molecule has 6 N–H and O–H groups in total. The van der Waals surface area contributed by atoms with Gasteiger partial charge in [-0.2, -0.15) is 0 Å². The van der Waals surface area contributed by atoms with Gasteiger partial charge >= 0.3 is 5.97 Å². The minimum atomic E-state index is -1.61. The van der Waals surface area contributed by atoms with Crippen molar-refractivity contribution in [2.75, 3.05) is 13.2 Å². The lowest BCUT2D eigenvalue weighted by molar-refractivity contribution is -0.305. The number of ether oxygens (including phenoxy) is 3. The number of unbranched alkanes of at least 4 members (excludes halogenated alkanes) is 40. The van der Waals surface area contributed by atoms with Crippen LogP contribution in [0.15, 0.2) is 36.5 Å². The third-order valence-electron chi connectivity index (χ3n) is 16.0. The molecule has 1 saturated heterocycles. The Morgan fingerprint density at radius 1 is 0.481 bits per heavy atom. The van der Waals surface area contributed by atoms with Gasteiger partial charge in [-0.1, -0.05) is 276 Å². The summed E-state index contributed by atoms with van der Waals surface area (Å²) in [5, 5.41) is 57.1. The van der Waals surface area contributed by atoms with Gasteiger partial charge in [0.25, 0.3) is 0 Å². The third kappa shape index (κ3) is 44.1. The molecule has 0 aromatic rings. The van der Waals surface area contributed by atoms with E-state index in [1.165, 1.54) is 218 Å². The fourth-order valence-corrected chi connectivity index (χ4v) is 10.6. The molecule has 0 radical (unpaired) electrons. The van der Waals surface area contributed by atoms with E-state index < -0.39 is 67.4 Å². The summed E-state index contributed by atoms with van der Waals surface area (Å²) in [6.07, 6.45) is 57.5. The van der Waals surface area contributed by atoms with Crippen LogP contribution in [0.2, 0.25) is 0 Å². The zero-order valence-corrected chi connectivity index (χ0v) is 51.5. The smallest absolute Gasteiger partial charge is 0.306 e. The summed E-state index contributed by atoms with van der Waals surface area (Å²) in [4.78, 5) is 26.6. The van der Waals surface area contributed by atoms with Gasteiger partial charge < -0.3 is 45.1 Å². The van der Waals surface area contributed by atoms with Gasteiger partial charge in [-0.3, -0.25) is 9.59 Å². The second kappa shape index (κ2) is 56.4. The second-order valence-corrected chi connectivity index (χ2v) is 23.6. The van der Waals surface area contributed by atoms with Crippen LogP contribution in [0.1, 0.15) is 323 Å². The lowest BCUT2D eigenvalue weighted by Gasteiger charge is -2.41. The number of amides is 1. The minimum absolute atomic E-state index is 0.124. The standard InChI is InChI=1S/C68H127NO10/c1-4-7-10-13-16-19-22-24-26-28-30-32-33-35-37-40-43-46-49-52-55-61(72)67(76)69-59(60(71)54-51-48-45-42-39-21-18-15-12-9-6-3)58-77-68-66(65(75)64(74)62(57-70)78-68)79-63(73)56-53-50-47-44-41-38-36-34-31-29-27-25-23-20-17-14-11-8-5-2/h24-27,51,54,59-62,64-66,68,70-72,74-75H,4-23,28-50,52-53,55-58H2,1-3H3,(H,69,76)/b26-24+,27-25+,54-51+. The monoisotopic (exact) mass is 1120 g/mol. The van der Waals surface area contributed by atoms with E-state index in [0.29, 0.717) is 19.3 Å². The topological polar surface area (TPSA) is 175 Å². The van der Waals surface area contributed by atoms with Crippen molar-refractivity contribution in [3.63, 3.8) is 0 Å². The first-order valence-corrected chi connectivity index (χ1v) is 33.8. The Labute approximate surface area is 485 Å². The summed E-state index contributed by atoms with van der Waals surface area (Å²) in [5.74, 6) is -1.19. The number of carbonyl (C=O) groups is 2. The lowest BCUT2D eigenvalue weighted by Crippen LogP contribution is -2.61. The Balaban J connectivity index is 2.60. The fraction of sp³-hybridized carbons (Fsp3) is 0.882. The Morgan fingerprint density at radius 3 is 1.23 bits per heavy atom. The van der Waals surface area contributed by atoms with E-state index in [1.807, 2.05) is 6.08 Å². The quantitative estimate of drug-likeness (QED) is 0.0195. The number of aliphatic hydroxyl groups excluding tert-OH is 5. The summed E-state index contributed by atoms with van der Waals surface area (Å²) < 4.78 is 17.7. The van der Waals surface area contributed by atoms with Gasteiger partial charge in [-0.25, -0.2) is 0 Å². The molecule has 11 heteroatoms. The average molecular weight is 1120 g/mol. The van der Waals surface area contributed by atoms with Crippen LogP contribution >= 0.6 is 0 Å². The molecule has 1 fully saturated rings. The maximum Gasteiger partial charge on any atom is 0.306 e. The van der Waals surface area contributed by atoms with Crippen LogP contribution in [0.25, 0.3) is 0 Å². The van der Waals surface area contributed by atoms with E-state index >= 15 is 0 Å². The highest BCUT2D eigenvalue weighted by Crippen LogP contribution is 2.26. The Bertz CT molecular complexity index is 1420. The van der Waals surface area contributed by atoms with Crippen molar-refractivity contribution in [1.82, 2.24) is 5.32 Å². The number of rotatable bonds is 58. The molecule has 0 spiro atoms. The van der Waals surface area contributed by atoms with Crippen molar-refractivity contribution in [2.24, 2.45) is 0 Å². The zero-order chi connectivity index (χ0) is 57.5. The van der Waals surface area contributed by atoms with Crippen molar-refractivity contribution < 1.29 is 49.3 Å². The van der Waals surface area contributed by atoms with E-state index in [-0.39, 0.29) is 13.0 Å². The minimum Gasteiger partial charge on any atom is -0.454 e. The summed E-state index contributed by atoms with van der Waals surface area (Å²) in [6, 6.07) is -1.02. The predicted molar refractivity (Wildman–Crippen MR) is 329 cm³/mol. The van der Waals surface area contributed by atoms with Gasteiger partial charge in [0, 0.05) is 6.42 Å². The highest BCUT2D eigenvalue weighted by atomic mass is 16.7. The highest BCUT2D eigenvalue weighted by molar-refractivity contribution is 5.80. The van der Waals surface area contributed by atoms with E-state index in [9.17, 15) is 35.1 Å². The number of allylic oxidation sites excluding steroid dienone is 5. The molecular formula is C68H127NO10. The average Bonchev–Trinajstić information content (AvgIpc) is 3.45. The number of esters is 1. The molecule has 464 valence electrons. The van der Waals surface area contributed by atoms with Gasteiger partial charge in [-0.05, 0) is 77.0 Å². The molecule has 79 heavy (non-hydrogen) atoms. The molecule has 1 rings (SSSR count). The van der Waals surface area contributed by atoms with Crippen LogP contribution in [0, 0.1) is 0 Å². The van der Waals surface area contributed by atoms with E-state index in [2.05, 4.69) is 50.4 Å². The first kappa shape index (κ1) is 74.9. The van der Waals surface area contributed by atoms with Crippen molar-refractivity contribution >= 4 is 11.9 Å². The predicted octanol–water partition coefficient (Wildman–Crippen LogP) is 16.6. The van der Waals surface area contributed by atoms with Gasteiger partial charge in [-0.15, -0.1) is 0 Å². The molecule has 11 nitrogen and oxygen atoms in total. The molecule has 0 bridgehead atoms. The summed E-state index contributed by atoms with van der Waals surface area (Å²) in [6.45, 7) is 5.81. The van der Waals surface area contributed by atoms with E-state index in [4.69, 9.17) is 14.2 Å². The summed E-state index contributed by atoms with van der Waals surface area (Å²) in [5.41, 5.74) is 0. The van der Waals surface area contributed by atoms with Crippen LogP contribution in [0.5, 0.6) is 0 Å². The molecule has 0 aromatic heterocycles. The molecule has 0 saturated carbocycles. The van der Waals surface area contributed by atoms with Crippen molar-refractivity contribution in [3.05, 3.63) is 36.5 Å². The number of nitrogens with one attached hydrogen (secondary N) is 1. The van der Waals surface area contributed by atoms with Crippen molar-refractivity contribution in [2.45, 2.75) is 372 Å². The molecule has 1 amide bonds. The Morgan fingerprint density at radius 2 is 0.835 bits per heavy atom. The first-order valence-electron chi connectivity index (χ1n) is 33.8.